The normalized spacial score (nSPS) is 14.2. The van der Waals surface area contributed by atoms with Gasteiger partial charge >= 0.3 is 12.3 Å². The number of amides is 1. The number of rotatable bonds is 4. The maximum atomic E-state index is 14.1. The molecule has 2 rings (SSSR count). The first-order valence-electron chi connectivity index (χ1n) is 8.57. The molecule has 0 aromatic heterocycles. The van der Waals surface area contributed by atoms with E-state index < -0.39 is 41.4 Å². The first-order chi connectivity index (χ1) is 13.3. The first kappa shape index (κ1) is 23.4. The van der Waals surface area contributed by atoms with Crippen molar-refractivity contribution in [1.82, 2.24) is 5.32 Å². The van der Waals surface area contributed by atoms with E-state index in [9.17, 15) is 27.5 Å². The molecular weight excluding hydrogens is 505 g/mol. The van der Waals surface area contributed by atoms with E-state index >= 15 is 0 Å². The third kappa shape index (κ3) is 6.56. The summed E-state index contributed by atoms with van der Waals surface area (Å²) in [5, 5.41) is 13.2. The number of benzene rings is 2. The van der Waals surface area contributed by atoms with Crippen LogP contribution in [0, 0.1) is 9.39 Å². The Morgan fingerprint density at radius 1 is 1.07 bits per heavy atom. The number of ether oxygens (including phenoxy) is 1. The van der Waals surface area contributed by atoms with Gasteiger partial charge in [0.15, 0.2) is 0 Å². The molecule has 2 atom stereocenters. The van der Waals surface area contributed by atoms with Crippen molar-refractivity contribution in [2.45, 2.75) is 44.7 Å². The first-order valence-corrected chi connectivity index (χ1v) is 9.65. The molecule has 4 nitrogen and oxygen atoms in total. The number of aliphatic hydroxyl groups excluding tert-OH is 1. The Balaban J connectivity index is 2.42. The summed E-state index contributed by atoms with van der Waals surface area (Å²) >= 11 is 2.07. The average Bonchev–Trinajstić information content (AvgIpc) is 2.57. The SMILES string of the molecule is CC(C)(C)OC(=O)NC(c1ccc(C(F)(F)F)c(F)c1)C(O)c1ccc(I)cc1. The highest BCUT2D eigenvalue weighted by molar-refractivity contribution is 14.1. The van der Waals surface area contributed by atoms with Crippen molar-refractivity contribution in [2.75, 3.05) is 0 Å². The Kier molecular flexibility index (Phi) is 7.15. The van der Waals surface area contributed by atoms with Crippen molar-refractivity contribution in [3.05, 3.63) is 68.5 Å². The van der Waals surface area contributed by atoms with Crippen molar-refractivity contribution in [1.29, 1.82) is 0 Å². The zero-order chi connectivity index (χ0) is 22.0. The smallest absolute Gasteiger partial charge is 0.419 e. The number of alkyl halides is 3. The van der Waals surface area contributed by atoms with Crippen LogP contribution in [0.3, 0.4) is 0 Å². The minimum Gasteiger partial charge on any atom is -0.444 e. The maximum Gasteiger partial charge on any atom is 0.419 e. The lowest BCUT2D eigenvalue weighted by Gasteiger charge is -2.27. The van der Waals surface area contributed by atoms with Gasteiger partial charge in [0.2, 0.25) is 0 Å². The van der Waals surface area contributed by atoms with Gasteiger partial charge in [0.25, 0.3) is 0 Å². The Bertz CT molecular complexity index is 864. The molecule has 2 aromatic rings. The molecule has 0 aliphatic carbocycles. The molecule has 0 radical (unpaired) electrons. The molecule has 2 N–H and O–H groups in total. The van der Waals surface area contributed by atoms with Crippen LogP contribution in [0.2, 0.25) is 0 Å². The van der Waals surface area contributed by atoms with Crippen molar-refractivity contribution in [2.24, 2.45) is 0 Å². The summed E-state index contributed by atoms with van der Waals surface area (Å²) in [5.41, 5.74) is -1.91. The van der Waals surface area contributed by atoms with E-state index in [4.69, 9.17) is 4.74 Å². The molecule has 0 saturated heterocycles. The molecule has 2 aromatic carbocycles. The number of carbonyl (C=O) groups is 1. The molecule has 1 amide bonds. The van der Waals surface area contributed by atoms with Crippen molar-refractivity contribution in [3.8, 4) is 0 Å². The van der Waals surface area contributed by atoms with Crippen molar-refractivity contribution in [3.63, 3.8) is 0 Å². The Morgan fingerprint density at radius 2 is 1.62 bits per heavy atom. The van der Waals surface area contributed by atoms with Gasteiger partial charge in [-0.1, -0.05) is 18.2 Å². The lowest BCUT2D eigenvalue weighted by atomic mass is 9.95. The summed E-state index contributed by atoms with van der Waals surface area (Å²) in [5.74, 6) is -1.50. The number of hydrogen-bond acceptors (Lipinski definition) is 3. The quantitative estimate of drug-likeness (QED) is 0.395. The topological polar surface area (TPSA) is 58.6 Å². The van der Waals surface area contributed by atoms with Crippen LogP contribution in [0.1, 0.15) is 49.6 Å². The van der Waals surface area contributed by atoms with E-state index in [0.717, 1.165) is 9.64 Å². The van der Waals surface area contributed by atoms with Gasteiger partial charge in [-0.2, -0.15) is 13.2 Å². The van der Waals surface area contributed by atoms with E-state index in [0.29, 0.717) is 17.7 Å². The second-order valence-electron chi connectivity index (χ2n) is 7.36. The van der Waals surface area contributed by atoms with Crippen LogP contribution in [0.15, 0.2) is 42.5 Å². The fourth-order valence-corrected chi connectivity index (χ4v) is 2.95. The van der Waals surface area contributed by atoms with Crippen LogP contribution < -0.4 is 5.32 Å². The third-order valence-corrected chi connectivity index (χ3v) is 4.58. The van der Waals surface area contributed by atoms with E-state index in [1.54, 1.807) is 45.0 Å². The van der Waals surface area contributed by atoms with Gasteiger partial charge in [0, 0.05) is 3.57 Å². The second kappa shape index (κ2) is 8.86. The molecule has 29 heavy (non-hydrogen) atoms. The molecule has 9 heteroatoms. The van der Waals surface area contributed by atoms with E-state index in [1.165, 1.54) is 0 Å². The largest absolute Gasteiger partial charge is 0.444 e. The maximum absolute atomic E-state index is 14.1. The van der Waals surface area contributed by atoms with Crippen LogP contribution in [-0.2, 0) is 10.9 Å². The number of hydrogen-bond donors (Lipinski definition) is 2. The lowest BCUT2D eigenvalue weighted by Crippen LogP contribution is -2.37. The number of halogens is 5. The highest BCUT2D eigenvalue weighted by Crippen LogP contribution is 2.35. The standard InChI is InChI=1S/C20H20F4INO3/c1-19(2,3)29-18(28)26-16(17(27)11-4-7-13(25)8-5-11)12-6-9-14(15(21)10-12)20(22,23)24/h4-10,16-17,27H,1-3H3,(H,26,28). The summed E-state index contributed by atoms with van der Waals surface area (Å²) < 4.78 is 58.7. The highest BCUT2D eigenvalue weighted by atomic mass is 127. The predicted octanol–water partition coefficient (Wildman–Crippen LogP) is 5.75. The van der Waals surface area contributed by atoms with Crippen molar-refractivity contribution < 1.29 is 32.2 Å². The minimum absolute atomic E-state index is 0.0348. The molecule has 2 unspecified atom stereocenters. The van der Waals surface area contributed by atoms with Crippen LogP contribution in [-0.4, -0.2) is 16.8 Å². The van der Waals surface area contributed by atoms with Crippen molar-refractivity contribution >= 4 is 28.7 Å². The molecule has 0 fully saturated rings. The predicted molar refractivity (Wildman–Crippen MR) is 108 cm³/mol. The Labute approximate surface area is 179 Å². The fourth-order valence-electron chi connectivity index (χ4n) is 2.59. The molecule has 0 aliphatic heterocycles. The summed E-state index contributed by atoms with van der Waals surface area (Å²) in [6.07, 6.45) is -7.10. The van der Waals surface area contributed by atoms with Crippen LogP contribution >= 0.6 is 22.6 Å². The van der Waals surface area contributed by atoms with Crippen LogP contribution in [0.4, 0.5) is 22.4 Å². The number of carbonyl (C=O) groups excluding carboxylic acids is 1. The third-order valence-electron chi connectivity index (χ3n) is 3.86. The van der Waals surface area contributed by atoms with Gasteiger partial charge in [0.05, 0.1) is 11.6 Å². The van der Waals surface area contributed by atoms with Gasteiger partial charge < -0.3 is 15.2 Å². The zero-order valence-electron chi connectivity index (χ0n) is 15.8. The van der Waals surface area contributed by atoms with Gasteiger partial charge in [-0.3, -0.25) is 0 Å². The van der Waals surface area contributed by atoms with Crippen LogP contribution in [0.5, 0.6) is 0 Å². The fraction of sp³-hybridized carbons (Fsp3) is 0.350. The molecule has 0 heterocycles. The molecule has 158 valence electrons. The van der Waals surface area contributed by atoms with Crippen LogP contribution in [0.25, 0.3) is 0 Å². The van der Waals surface area contributed by atoms with E-state index in [-0.39, 0.29) is 5.56 Å². The number of nitrogens with one attached hydrogen (secondary N) is 1. The van der Waals surface area contributed by atoms with E-state index in [1.807, 2.05) is 0 Å². The summed E-state index contributed by atoms with van der Waals surface area (Å²) in [4.78, 5) is 12.2. The summed E-state index contributed by atoms with van der Waals surface area (Å²) in [7, 11) is 0. The van der Waals surface area contributed by atoms with Gasteiger partial charge in [-0.25, -0.2) is 9.18 Å². The molecule has 0 spiro atoms. The number of alkyl carbamates (subject to hydrolysis) is 1. The number of aliphatic hydroxyl groups is 1. The Hall–Kier alpha value is -1.88. The minimum atomic E-state index is -4.86. The second-order valence-corrected chi connectivity index (χ2v) is 8.60. The molecule has 0 aliphatic rings. The zero-order valence-corrected chi connectivity index (χ0v) is 18.0. The average molecular weight is 525 g/mol. The lowest BCUT2D eigenvalue weighted by molar-refractivity contribution is -0.140. The Morgan fingerprint density at radius 3 is 2.10 bits per heavy atom. The van der Waals surface area contributed by atoms with Gasteiger partial charge in [0.1, 0.15) is 17.5 Å². The molecule has 0 bridgehead atoms. The molecule has 0 saturated carbocycles. The van der Waals surface area contributed by atoms with Gasteiger partial charge in [-0.05, 0) is 78.8 Å². The van der Waals surface area contributed by atoms with Gasteiger partial charge in [-0.15, -0.1) is 0 Å². The van der Waals surface area contributed by atoms with E-state index in [2.05, 4.69) is 27.9 Å². The molecular formula is C20H20F4INO3. The monoisotopic (exact) mass is 525 g/mol. The summed E-state index contributed by atoms with van der Waals surface area (Å²) in [6.45, 7) is 4.90. The highest BCUT2D eigenvalue weighted by Gasteiger charge is 2.35. The summed E-state index contributed by atoms with van der Waals surface area (Å²) in [6, 6.07) is 7.67.